The van der Waals surface area contributed by atoms with Gasteiger partial charge in [0.1, 0.15) is 0 Å². The lowest BCUT2D eigenvalue weighted by Gasteiger charge is -2.43. The van der Waals surface area contributed by atoms with Crippen LogP contribution in [0.2, 0.25) is 0 Å². The lowest BCUT2D eigenvalue weighted by molar-refractivity contribution is 0.0759. The van der Waals surface area contributed by atoms with Crippen LogP contribution < -0.4 is 5.73 Å². The predicted molar refractivity (Wildman–Crippen MR) is 101 cm³/mol. The summed E-state index contributed by atoms with van der Waals surface area (Å²) in [5.74, 6) is -0.449. The molecule has 0 bridgehead atoms. The van der Waals surface area contributed by atoms with Crippen LogP contribution in [-0.4, -0.2) is 28.6 Å². The van der Waals surface area contributed by atoms with Crippen LogP contribution in [0, 0.1) is 5.41 Å². The Labute approximate surface area is 153 Å². The molecular formula is C21H24N2O3. The van der Waals surface area contributed by atoms with Crippen LogP contribution >= 0.6 is 0 Å². The molecule has 26 heavy (non-hydrogen) atoms. The van der Waals surface area contributed by atoms with Gasteiger partial charge in [-0.15, -0.1) is 0 Å². The number of carboxylic acid groups (broad SMARTS) is 1. The lowest BCUT2D eigenvalue weighted by Crippen LogP contribution is -2.44. The van der Waals surface area contributed by atoms with Gasteiger partial charge < -0.3 is 15.7 Å². The molecule has 3 N–H and O–H groups in total. The summed E-state index contributed by atoms with van der Waals surface area (Å²) in [6.07, 6.45) is -0.203. The molecule has 2 aromatic rings. The third kappa shape index (κ3) is 3.29. The summed E-state index contributed by atoms with van der Waals surface area (Å²) in [5, 5.41) is 9.59. The van der Waals surface area contributed by atoms with Crippen molar-refractivity contribution in [3.63, 3.8) is 0 Å². The monoisotopic (exact) mass is 352 g/mol. The number of carbonyl (C=O) groups is 2. The third-order valence-electron chi connectivity index (χ3n) is 4.92. The maximum absolute atomic E-state index is 11.7. The van der Waals surface area contributed by atoms with Crippen molar-refractivity contribution in [1.29, 1.82) is 0 Å². The fraction of sp³-hybridized carbons (Fsp3) is 0.333. The number of rotatable bonds is 2. The van der Waals surface area contributed by atoms with Gasteiger partial charge in [-0.2, -0.15) is 0 Å². The molecule has 1 aliphatic heterocycles. The van der Waals surface area contributed by atoms with Crippen molar-refractivity contribution < 1.29 is 14.7 Å². The van der Waals surface area contributed by atoms with Crippen LogP contribution in [0.3, 0.4) is 0 Å². The molecule has 0 radical (unpaired) electrons. The second-order valence-corrected chi connectivity index (χ2v) is 7.85. The minimum atomic E-state index is -0.881. The average Bonchev–Trinajstić information content (AvgIpc) is 2.59. The summed E-state index contributed by atoms with van der Waals surface area (Å²) in [4.78, 5) is 24.7. The number of hydrogen-bond donors (Lipinski definition) is 2. The van der Waals surface area contributed by atoms with Crippen molar-refractivity contribution in [3.05, 3.63) is 59.2 Å². The minimum absolute atomic E-state index is 0.185. The van der Waals surface area contributed by atoms with E-state index >= 15 is 0 Å². The van der Waals surface area contributed by atoms with E-state index in [0.717, 1.165) is 22.3 Å². The van der Waals surface area contributed by atoms with Crippen molar-refractivity contribution >= 4 is 12.0 Å². The number of hydrogen-bond acceptors (Lipinski definition) is 2. The van der Waals surface area contributed by atoms with Gasteiger partial charge in [-0.05, 0) is 46.2 Å². The molecule has 0 saturated carbocycles. The third-order valence-corrected chi connectivity index (χ3v) is 4.92. The molecule has 1 atom stereocenters. The Hall–Kier alpha value is -2.82. The Morgan fingerprint density at radius 3 is 2.42 bits per heavy atom. The van der Waals surface area contributed by atoms with Crippen molar-refractivity contribution in [2.45, 2.75) is 33.2 Å². The minimum Gasteiger partial charge on any atom is -0.465 e. The molecule has 0 saturated heterocycles. The van der Waals surface area contributed by atoms with Gasteiger partial charge in [0.25, 0.3) is 0 Å². The Morgan fingerprint density at radius 1 is 1.12 bits per heavy atom. The first-order valence-electron chi connectivity index (χ1n) is 8.71. The predicted octanol–water partition coefficient (Wildman–Crippen LogP) is 4.08. The van der Waals surface area contributed by atoms with Crippen LogP contribution in [0.5, 0.6) is 0 Å². The van der Waals surface area contributed by atoms with Gasteiger partial charge in [-0.1, -0.05) is 51.1 Å². The number of nitrogens with zero attached hydrogens (tertiary/aromatic N) is 1. The highest BCUT2D eigenvalue weighted by atomic mass is 16.4. The summed E-state index contributed by atoms with van der Waals surface area (Å²) in [6, 6.07) is 13.2. The van der Waals surface area contributed by atoms with Crippen LogP contribution in [0.25, 0.3) is 11.1 Å². The van der Waals surface area contributed by atoms with Crippen molar-refractivity contribution in [1.82, 2.24) is 4.90 Å². The molecule has 0 aromatic heterocycles. The first kappa shape index (κ1) is 18.0. The molecule has 3 rings (SSSR count). The Bertz CT molecular complexity index is 868. The number of carbonyl (C=O) groups excluding carboxylic acids is 1. The maximum atomic E-state index is 11.7. The first-order valence-corrected chi connectivity index (χ1v) is 8.71. The first-order chi connectivity index (χ1) is 12.2. The molecule has 136 valence electrons. The summed E-state index contributed by atoms with van der Waals surface area (Å²) >= 11 is 0. The number of primary amides is 1. The van der Waals surface area contributed by atoms with Crippen LogP contribution in [0.15, 0.2) is 42.5 Å². The average molecular weight is 352 g/mol. The molecular weight excluding hydrogens is 328 g/mol. The van der Waals surface area contributed by atoms with E-state index in [1.54, 1.807) is 12.1 Å². The smallest absolute Gasteiger partial charge is 0.407 e. The van der Waals surface area contributed by atoms with Gasteiger partial charge in [0.05, 0.1) is 6.04 Å². The summed E-state index contributed by atoms with van der Waals surface area (Å²) in [6.45, 7) is 6.67. The second-order valence-electron chi connectivity index (χ2n) is 7.85. The number of fused-ring (bicyclic) bond motifs is 1. The van der Waals surface area contributed by atoms with Gasteiger partial charge in [-0.25, -0.2) is 4.79 Å². The molecule has 1 unspecified atom stereocenters. The van der Waals surface area contributed by atoms with E-state index in [4.69, 9.17) is 5.73 Å². The zero-order valence-corrected chi connectivity index (χ0v) is 15.3. The van der Waals surface area contributed by atoms with Gasteiger partial charge in [0, 0.05) is 12.1 Å². The van der Waals surface area contributed by atoms with Crippen LogP contribution in [-0.2, 0) is 6.42 Å². The largest absolute Gasteiger partial charge is 0.465 e. The van der Waals surface area contributed by atoms with E-state index in [1.165, 1.54) is 4.90 Å². The van der Waals surface area contributed by atoms with E-state index < -0.39 is 12.0 Å². The fourth-order valence-electron chi connectivity index (χ4n) is 3.80. The highest BCUT2D eigenvalue weighted by Gasteiger charge is 2.38. The Morgan fingerprint density at radius 2 is 1.81 bits per heavy atom. The van der Waals surface area contributed by atoms with Crippen molar-refractivity contribution in [3.8, 4) is 11.1 Å². The second kappa shape index (κ2) is 6.48. The standard InChI is InChI=1S/C21H24N2O3/c1-21(2,3)18-17-8-7-14(11-15(17)9-10-23(18)20(25)26)13-5-4-6-16(12-13)19(22)24/h4-8,11-12,18H,9-10H2,1-3H3,(H2,22,24)(H,25,26). The molecule has 1 aliphatic rings. The summed E-state index contributed by atoms with van der Waals surface area (Å²) in [7, 11) is 0. The van der Waals surface area contributed by atoms with E-state index in [-0.39, 0.29) is 11.5 Å². The molecule has 0 fully saturated rings. The van der Waals surface area contributed by atoms with Gasteiger partial charge >= 0.3 is 6.09 Å². The van der Waals surface area contributed by atoms with Crippen LogP contribution in [0.1, 0.15) is 48.3 Å². The quantitative estimate of drug-likeness (QED) is 0.854. The molecule has 5 heteroatoms. The number of nitrogens with two attached hydrogens (primary N) is 1. The molecule has 2 amide bonds. The molecule has 5 nitrogen and oxygen atoms in total. The van der Waals surface area contributed by atoms with E-state index in [1.807, 2.05) is 24.3 Å². The van der Waals surface area contributed by atoms with Crippen molar-refractivity contribution in [2.75, 3.05) is 6.54 Å². The van der Waals surface area contributed by atoms with E-state index in [2.05, 4.69) is 26.8 Å². The zero-order valence-electron chi connectivity index (χ0n) is 15.3. The number of benzene rings is 2. The van der Waals surface area contributed by atoms with Gasteiger partial charge in [-0.3, -0.25) is 4.79 Å². The normalized spacial score (nSPS) is 16.9. The maximum Gasteiger partial charge on any atom is 0.407 e. The topological polar surface area (TPSA) is 83.6 Å². The SMILES string of the molecule is CC(C)(C)C1c2ccc(-c3cccc(C(N)=O)c3)cc2CCN1C(=O)O. The number of amides is 2. The van der Waals surface area contributed by atoms with Crippen LogP contribution in [0.4, 0.5) is 4.79 Å². The highest BCUT2D eigenvalue weighted by molar-refractivity contribution is 5.94. The Balaban J connectivity index is 2.05. The van der Waals surface area contributed by atoms with Gasteiger partial charge in [0.2, 0.25) is 5.91 Å². The van der Waals surface area contributed by atoms with Crippen molar-refractivity contribution in [2.24, 2.45) is 11.1 Å². The molecule has 2 aromatic carbocycles. The fourth-order valence-corrected chi connectivity index (χ4v) is 3.80. The summed E-state index contributed by atoms with van der Waals surface area (Å²) < 4.78 is 0. The van der Waals surface area contributed by atoms with E-state index in [0.29, 0.717) is 18.5 Å². The summed E-state index contributed by atoms with van der Waals surface area (Å²) in [5.41, 5.74) is 9.79. The Kier molecular flexibility index (Phi) is 4.48. The van der Waals surface area contributed by atoms with E-state index in [9.17, 15) is 14.7 Å². The lowest BCUT2D eigenvalue weighted by atomic mass is 9.76. The molecule has 0 aliphatic carbocycles. The zero-order chi connectivity index (χ0) is 19.1. The molecule has 0 spiro atoms. The molecule has 1 heterocycles. The highest BCUT2D eigenvalue weighted by Crippen LogP contribution is 2.43. The van der Waals surface area contributed by atoms with Gasteiger partial charge in [0.15, 0.2) is 0 Å².